The molecule has 0 aliphatic carbocycles. The third-order valence-corrected chi connectivity index (χ3v) is 6.73. The molecule has 1 aliphatic heterocycles. The second-order valence-corrected chi connectivity index (χ2v) is 8.63. The van der Waals surface area contributed by atoms with E-state index in [1.165, 1.54) is 10.4 Å². The average molecular weight is 430 g/mol. The van der Waals surface area contributed by atoms with Crippen LogP contribution >= 0.6 is 11.3 Å². The Hall–Kier alpha value is -3.38. The Morgan fingerprint density at radius 3 is 2.68 bits per heavy atom. The van der Waals surface area contributed by atoms with E-state index in [-0.39, 0.29) is 11.9 Å². The highest BCUT2D eigenvalue weighted by molar-refractivity contribution is 7.10. The van der Waals surface area contributed by atoms with Crippen LogP contribution in [0, 0.1) is 0 Å². The number of rotatable bonds is 5. The Bertz CT molecular complexity index is 1180. The van der Waals surface area contributed by atoms with E-state index in [0.717, 1.165) is 23.6 Å². The minimum absolute atomic E-state index is 0.0429. The number of benzene rings is 2. The summed E-state index contributed by atoms with van der Waals surface area (Å²) in [6.07, 6.45) is 4.54. The first-order valence-corrected chi connectivity index (χ1v) is 11.2. The monoisotopic (exact) mass is 429 g/mol. The Labute approximate surface area is 185 Å². The van der Waals surface area contributed by atoms with Gasteiger partial charge in [-0.15, -0.1) is 11.3 Å². The van der Waals surface area contributed by atoms with Gasteiger partial charge in [-0.25, -0.2) is 4.98 Å². The van der Waals surface area contributed by atoms with E-state index < -0.39 is 0 Å². The molecule has 2 aromatic heterocycles. The summed E-state index contributed by atoms with van der Waals surface area (Å²) in [6.45, 7) is 1.10. The Balaban J connectivity index is 1.37. The Morgan fingerprint density at radius 1 is 1.13 bits per heavy atom. The van der Waals surface area contributed by atoms with Crippen molar-refractivity contribution in [3.05, 3.63) is 106 Å². The van der Waals surface area contributed by atoms with E-state index in [4.69, 9.17) is 4.74 Å². The maximum atomic E-state index is 13.5. The molecule has 5 nitrogen and oxygen atoms in total. The van der Waals surface area contributed by atoms with Crippen LogP contribution in [0.3, 0.4) is 0 Å². The van der Waals surface area contributed by atoms with Crippen molar-refractivity contribution in [3.63, 3.8) is 0 Å². The van der Waals surface area contributed by atoms with Gasteiger partial charge in [0.1, 0.15) is 18.2 Å². The number of hydrogen-bond donors (Lipinski definition) is 0. The normalized spacial score (nSPS) is 15.5. The number of ether oxygens (including phenoxy) is 1. The molecule has 0 fully saturated rings. The molecule has 0 N–H and O–H groups in total. The molecule has 0 spiro atoms. The van der Waals surface area contributed by atoms with Crippen molar-refractivity contribution in [2.45, 2.75) is 19.1 Å². The van der Waals surface area contributed by atoms with E-state index in [9.17, 15) is 4.79 Å². The van der Waals surface area contributed by atoms with Crippen LogP contribution in [0.15, 0.2) is 78.4 Å². The predicted molar refractivity (Wildman–Crippen MR) is 121 cm³/mol. The molecular weight excluding hydrogens is 406 g/mol. The minimum Gasteiger partial charge on any atom is -0.486 e. The van der Waals surface area contributed by atoms with Gasteiger partial charge in [-0.2, -0.15) is 0 Å². The molecule has 2 aromatic carbocycles. The second kappa shape index (κ2) is 8.40. The predicted octanol–water partition coefficient (Wildman–Crippen LogP) is 4.85. The number of hydrogen-bond acceptors (Lipinski definition) is 4. The molecule has 0 bridgehead atoms. The fraction of sp³-hybridized carbons (Fsp3) is 0.200. The van der Waals surface area contributed by atoms with E-state index >= 15 is 0 Å². The quantitative estimate of drug-likeness (QED) is 0.456. The van der Waals surface area contributed by atoms with Crippen LogP contribution in [0.5, 0.6) is 5.75 Å². The van der Waals surface area contributed by atoms with Crippen molar-refractivity contribution >= 4 is 17.2 Å². The molecule has 156 valence electrons. The molecular formula is C25H23N3O2S. The highest BCUT2D eigenvalue weighted by Gasteiger charge is 2.33. The van der Waals surface area contributed by atoms with E-state index in [1.54, 1.807) is 17.5 Å². The maximum absolute atomic E-state index is 13.5. The van der Waals surface area contributed by atoms with Crippen LogP contribution in [-0.2, 0) is 20.1 Å². The van der Waals surface area contributed by atoms with Crippen molar-refractivity contribution in [3.8, 4) is 5.75 Å². The van der Waals surface area contributed by atoms with Crippen molar-refractivity contribution in [1.29, 1.82) is 0 Å². The molecule has 6 heteroatoms. The number of thiophene rings is 1. The van der Waals surface area contributed by atoms with E-state index in [0.29, 0.717) is 18.7 Å². The van der Waals surface area contributed by atoms with E-state index in [2.05, 4.69) is 28.6 Å². The number of carbonyl (C=O) groups is 1. The van der Waals surface area contributed by atoms with Crippen molar-refractivity contribution in [1.82, 2.24) is 14.5 Å². The maximum Gasteiger partial charge on any atom is 0.254 e. The van der Waals surface area contributed by atoms with Crippen LogP contribution in [-0.4, -0.2) is 26.9 Å². The lowest BCUT2D eigenvalue weighted by molar-refractivity contribution is 0.0696. The third kappa shape index (κ3) is 3.86. The number of carbonyl (C=O) groups excluding carboxylic acids is 1. The molecule has 0 saturated heterocycles. The van der Waals surface area contributed by atoms with Crippen LogP contribution in [0.2, 0.25) is 0 Å². The fourth-order valence-corrected chi connectivity index (χ4v) is 4.98. The van der Waals surface area contributed by atoms with Crippen LogP contribution in [0.1, 0.15) is 38.2 Å². The number of aryl methyl sites for hydroxylation is 1. The lowest BCUT2D eigenvalue weighted by Gasteiger charge is -2.36. The molecule has 1 amide bonds. The summed E-state index contributed by atoms with van der Waals surface area (Å²) in [4.78, 5) is 21.1. The number of amides is 1. The van der Waals surface area contributed by atoms with Gasteiger partial charge in [-0.05, 0) is 53.3 Å². The highest BCUT2D eigenvalue weighted by atomic mass is 32.1. The summed E-state index contributed by atoms with van der Waals surface area (Å²) in [5, 5.41) is 2.13. The van der Waals surface area contributed by atoms with Gasteiger partial charge in [-0.1, -0.05) is 30.3 Å². The average Bonchev–Trinajstić information content (AvgIpc) is 3.46. The topological polar surface area (TPSA) is 47.4 Å². The standard InChI is InChI=1S/C25H23N3O2S/c1-27-15-13-26-23(27)17-30-20-9-7-19(8-10-20)25(29)28-14-11-22-21(12-16-31-22)24(28)18-5-3-2-4-6-18/h2-10,12-13,15-16,24H,11,14,17H2,1H3. The molecule has 4 aromatic rings. The van der Waals surface area contributed by atoms with Crippen molar-refractivity contribution in [2.75, 3.05) is 6.54 Å². The zero-order valence-corrected chi connectivity index (χ0v) is 18.1. The number of imidazole rings is 1. The summed E-state index contributed by atoms with van der Waals surface area (Å²) in [7, 11) is 1.94. The van der Waals surface area contributed by atoms with Crippen LogP contribution in [0.4, 0.5) is 0 Å². The van der Waals surface area contributed by atoms with Crippen molar-refractivity contribution in [2.24, 2.45) is 7.05 Å². The zero-order chi connectivity index (χ0) is 21.2. The Kier molecular flexibility index (Phi) is 5.30. The Morgan fingerprint density at radius 2 is 1.94 bits per heavy atom. The summed E-state index contributed by atoms with van der Waals surface area (Å²) in [6, 6.07) is 19.8. The summed E-state index contributed by atoms with van der Waals surface area (Å²) in [5.74, 6) is 1.62. The van der Waals surface area contributed by atoms with Gasteiger partial charge in [0.25, 0.3) is 5.91 Å². The van der Waals surface area contributed by atoms with E-state index in [1.807, 2.05) is 65.2 Å². The number of aromatic nitrogens is 2. The molecule has 3 heterocycles. The summed E-state index contributed by atoms with van der Waals surface area (Å²) >= 11 is 1.78. The number of fused-ring (bicyclic) bond motifs is 1. The SMILES string of the molecule is Cn1ccnc1COc1ccc(C(=O)N2CCc3sccc3C2c2ccccc2)cc1. The van der Waals surface area contributed by atoms with Gasteiger partial charge in [0.15, 0.2) is 0 Å². The lowest BCUT2D eigenvalue weighted by atomic mass is 9.92. The molecule has 5 rings (SSSR count). The molecule has 0 radical (unpaired) electrons. The molecule has 1 unspecified atom stereocenters. The van der Waals surface area contributed by atoms with Gasteiger partial charge in [0.2, 0.25) is 0 Å². The first-order valence-electron chi connectivity index (χ1n) is 10.3. The lowest BCUT2D eigenvalue weighted by Crippen LogP contribution is -2.40. The molecule has 0 saturated carbocycles. The molecule has 1 aliphatic rings. The minimum atomic E-state index is -0.0527. The number of nitrogens with zero attached hydrogens (tertiary/aromatic N) is 3. The molecule has 31 heavy (non-hydrogen) atoms. The van der Waals surface area contributed by atoms with Crippen LogP contribution in [0.25, 0.3) is 0 Å². The zero-order valence-electron chi connectivity index (χ0n) is 17.3. The van der Waals surface area contributed by atoms with Gasteiger partial charge >= 0.3 is 0 Å². The van der Waals surface area contributed by atoms with Gasteiger partial charge in [0, 0.05) is 36.4 Å². The van der Waals surface area contributed by atoms with Gasteiger partial charge < -0.3 is 14.2 Å². The smallest absolute Gasteiger partial charge is 0.254 e. The van der Waals surface area contributed by atoms with Gasteiger partial charge in [0.05, 0.1) is 6.04 Å². The van der Waals surface area contributed by atoms with Crippen LogP contribution < -0.4 is 4.74 Å². The summed E-state index contributed by atoms with van der Waals surface area (Å²) < 4.78 is 7.76. The van der Waals surface area contributed by atoms with Gasteiger partial charge in [-0.3, -0.25) is 4.79 Å². The molecule has 1 atom stereocenters. The third-order valence-electron chi connectivity index (χ3n) is 5.73. The summed E-state index contributed by atoms with van der Waals surface area (Å²) in [5.41, 5.74) is 3.06. The fourth-order valence-electron chi connectivity index (χ4n) is 4.07. The highest BCUT2D eigenvalue weighted by Crippen LogP contribution is 2.38. The first kappa shape index (κ1) is 19.6. The first-order chi connectivity index (χ1) is 15.2. The van der Waals surface area contributed by atoms with Crippen molar-refractivity contribution < 1.29 is 9.53 Å². The second-order valence-electron chi connectivity index (χ2n) is 7.63. The largest absolute Gasteiger partial charge is 0.486 e.